The predicted octanol–water partition coefficient (Wildman–Crippen LogP) is 1.50. The van der Waals surface area contributed by atoms with Crippen LogP contribution >= 0.6 is 15.9 Å². The van der Waals surface area contributed by atoms with Crippen LogP contribution in [0.2, 0.25) is 0 Å². The normalized spacial score (nSPS) is 12.2. The van der Waals surface area contributed by atoms with Crippen LogP contribution in [0, 0.1) is 6.92 Å². The molecule has 0 amide bonds. The van der Waals surface area contributed by atoms with Gasteiger partial charge >= 0.3 is 5.97 Å². The summed E-state index contributed by atoms with van der Waals surface area (Å²) in [5, 5.41) is 0. The average molecular weight is 318 g/mol. The second-order valence-electron chi connectivity index (χ2n) is 4.03. The van der Waals surface area contributed by atoms with E-state index >= 15 is 0 Å². The van der Waals surface area contributed by atoms with E-state index in [-0.39, 0.29) is 18.2 Å². The number of rotatable bonds is 5. The van der Waals surface area contributed by atoms with E-state index in [2.05, 4.69) is 15.9 Å². The monoisotopic (exact) mass is 317 g/mol. The third-order valence-corrected chi connectivity index (χ3v) is 2.70. The van der Waals surface area contributed by atoms with Crippen molar-refractivity contribution in [1.29, 1.82) is 0 Å². The van der Waals surface area contributed by atoms with Crippen molar-refractivity contribution in [2.75, 3.05) is 13.7 Å². The van der Waals surface area contributed by atoms with Crippen LogP contribution in [-0.2, 0) is 20.8 Å². The zero-order chi connectivity index (χ0) is 13.7. The summed E-state index contributed by atoms with van der Waals surface area (Å²) in [4.78, 5) is 23.4. The minimum atomic E-state index is -0.459. The van der Waals surface area contributed by atoms with Gasteiger partial charge in [0, 0.05) is 23.3 Å². The number of pyridine rings is 1. The molecular formula is C12H16BrNO4. The molecule has 0 bridgehead atoms. The van der Waals surface area contributed by atoms with Crippen LogP contribution in [0.1, 0.15) is 12.5 Å². The molecule has 0 fully saturated rings. The fraction of sp³-hybridized carbons (Fsp3) is 0.500. The van der Waals surface area contributed by atoms with Crippen molar-refractivity contribution in [3.63, 3.8) is 0 Å². The number of esters is 1. The van der Waals surface area contributed by atoms with E-state index in [0.717, 1.165) is 4.47 Å². The van der Waals surface area contributed by atoms with E-state index in [0.29, 0.717) is 12.2 Å². The highest BCUT2D eigenvalue weighted by Gasteiger charge is 2.11. The molecule has 100 valence electrons. The quantitative estimate of drug-likeness (QED) is 0.772. The van der Waals surface area contributed by atoms with Crippen LogP contribution in [-0.4, -0.2) is 30.4 Å². The second kappa shape index (κ2) is 6.70. The number of ether oxygens (including phenoxy) is 2. The Balaban J connectivity index is 2.73. The summed E-state index contributed by atoms with van der Waals surface area (Å²) in [5.41, 5.74) is 0.372. The molecule has 0 aliphatic heterocycles. The van der Waals surface area contributed by atoms with Gasteiger partial charge in [-0.15, -0.1) is 0 Å². The molecule has 1 heterocycles. The first-order valence-electron chi connectivity index (χ1n) is 5.49. The molecule has 1 unspecified atom stereocenters. The highest BCUT2D eigenvalue weighted by molar-refractivity contribution is 9.10. The van der Waals surface area contributed by atoms with Gasteiger partial charge in [0.2, 0.25) is 0 Å². The molecule has 0 saturated heterocycles. The largest absolute Gasteiger partial charge is 0.459 e. The third-order valence-electron chi connectivity index (χ3n) is 2.27. The van der Waals surface area contributed by atoms with Crippen LogP contribution < -0.4 is 5.56 Å². The first-order valence-corrected chi connectivity index (χ1v) is 6.28. The second-order valence-corrected chi connectivity index (χ2v) is 4.95. The maximum Gasteiger partial charge on any atom is 0.326 e. The summed E-state index contributed by atoms with van der Waals surface area (Å²) >= 11 is 3.28. The molecule has 0 aromatic carbocycles. The Labute approximate surface area is 114 Å². The molecule has 0 saturated carbocycles. The first kappa shape index (κ1) is 14.9. The smallest absolute Gasteiger partial charge is 0.326 e. The van der Waals surface area contributed by atoms with E-state index in [9.17, 15) is 9.59 Å². The van der Waals surface area contributed by atoms with E-state index in [1.807, 2.05) is 0 Å². The van der Waals surface area contributed by atoms with Gasteiger partial charge in [0.25, 0.3) is 5.56 Å². The number of methoxy groups -OCH3 is 1. The van der Waals surface area contributed by atoms with Crippen molar-refractivity contribution >= 4 is 21.9 Å². The summed E-state index contributed by atoms with van der Waals surface area (Å²) in [6.07, 6.45) is 1.24. The summed E-state index contributed by atoms with van der Waals surface area (Å²) in [7, 11) is 1.53. The summed E-state index contributed by atoms with van der Waals surface area (Å²) in [6, 6.07) is 1.71. The maximum atomic E-state index is 11.8. The van der Waals surface area contributed by atoms with E-state index < -0.39 is 5.97 Å². The molecule has 1 rings (SSSR count). The molecular weight excluding hydrogens is 302 g/mol. The van der Waals surface area contributed by atoms with Gasteiger partial charge in [-0.05, 0) is 35.8 Å². The van der Waals surface area contributed by atoms with Crippen molar-refractivity contribution in [3.05, 3.63) is 32.7 Å². The Morgan fingerprint density at radius 2 is 2.22 bits per heavy atom. The predicted molar refractivity (Wildman–Crippen MR) is 70.6 cm³/mol. The van der Waals surface area contributed by atoms with Gasteiger partial charge in [0.15, 0.2) is 0 Å². The molecule has 0 radical (unpaired) electrons. The van der Waals surface area contributed by atoms with Crippen molar-refractivity contribution < 1.29 is 14.3 Å². The fourth-order valence-electron chi connectivity index (χ4n) is 1.53. The zero-order valence-electron chi connectivity index (χ0n) is 10.6. The van der Waals surface area contributed by atoms with Crippen LogP contribution in [0.15, 0.2) is 21.5 Å². The number of halogens is 1. The van der Waals surface area contributed by atoms with Crippen LogP contribution in [0.3, 0.4) is 0 Å². The van der Waals surface area contributed by atoms with E-state index in [4.69, 9.17) is 9.47 Å². The van der Waals surface area contributed by atoms with Crippen molar-refractivity contribution in [2.45, 2.75) is 26.5 Å². The molecule has 18 heavy (non-hydrogen) atoms. The standard InChI is InChI=1S/C12H16BrNO4/c1-8-4-10(13)5-14(12(8)16)6-11(15)18-9(2)7-17-3/h4-5,9H,6-7H2,1-3H3. The molecule has 0 aliphatic rings. The molecule has 0 N–H and O–H groups in total. The molecule has 0 spiro atoms. The van der Waals surface area contributed by atoms with Gasteiger partial charge in [-0.1, -0.05) is 0 Å². The number of aryl methyl sites for hydroxylation is 1. The lowest BCUT2D eigenvalue weighted by Crippen LogP contribution is -2.29. The van der Waals surface area contributed by atoms with Crippen molar-refractivity contribution in [1.82, 2.24) is 4.57 Å². The zero-order valence-corrected chi connectivity index (χ0v) is 12.2. The molecule has 5 nitrogen and oxygen atoms in total. The number of hydrogen-bond acceptors (Lipinski definition) is 4. The Hall–Kier alpha value is -1.14. The minimum absolute atomic E-state index is 0.104. The highest BCUT2D eigenvalue weighted by atomic mass is 79.9. The Bertz CT molecular complexity index is 483. The van der Waals surface area contributed by atoms with Gasteiger partial charge in [-0.3, -0.25) is 9.59 Å². The lowest BCUT2D eigenvalue weighted by atomic mass is 10.3. The van der Waals surface area contributed by atoms with E-state index in [1.165, 1.54) is 11.7 Å². The minimum Gasteiger partial charge on any atom is -0.459 e. The number of nitrogens with zero attached hydrogens (tertiary/aromatic N) is 1. The van der Waals surface area contributed by atoms with Gasteiger partial charge < -0.3 is 14.0 Å². The average Bonchev–Trinajstić information content (AvgIpc) is 2.25. The lowest BCUT2D eigenvalue weighted by molar-refractivity contribution is -0.151. The number of carbonyl (C=O) groups excluding carboxylic acids is 1. The van der Waals surface area contributed by atoms with E-state index in [1.54, 1.807) is 26.1 Å². The topological polar surface area (TPSA) is 57.5 Å². The Kier molecular flexibility index (Phi) is 5.55. The Morgan fingerprint density at radius 3 is 2.83 bits per heavy atom. The van der Waals surface area contributed by atoms with Gasteiger partial charge in [0.05, 0.1) is 6.61 Å². The lowest BCUT2D eigenvalue weighted by Gasteiger charge is -2.13. The molecule has 1 aromatic heterocycles. The Morgan fingerprint density at radius 1 is 1.56 bits per heavy atom. The summed E-state index contributed by atoms with van der Waals surface area (Å²) in [6.45, 7) is 3.66. The molecule has 6 heteroatoms. The van der Waals surface area contributed by atoms with Crippen molar-refractivity contribution in [3.8, 4) is 0 Å². The number of aromatic nitrogens is 1. The third kappa shape index (κ3) is 4.27. The maximum absolute atomic E-state index is 11.8. The number of hydrogen-bond donors (Lipinski definition) is 0. The van der Waals surface area contributed by atoms with Gasteiger partial charge in [-0.2, -0.15) is 0 Å². The van der Waals surface area contributed by atoms with Crippen LogP contribution in [0.4, 0.5) is 0 Å². The molecule has 0 aliphatic carbocycles. The highest BCUT2D eigenvalue weighted by Crippen LogP contribution is 2.08. The van der Waals surface area contributed by atoms with Gasteiger partial charge in [-0.25, -0.2) is 0 Å². The summed E-state index contributed by atoms with van der Waals surface area (Å²) < 4.78 is 12.0. The first-order chi connectivity index (χ1) is 8.43. The molecule has 1 aromatic rings. The summed E-state index contributed by atoms with van der Waals surface area (Å²) in [5.74, 6) is -0.459. The fourth-order valence-corrected chi connectivity index (χ4v) is 2.12. The SMILES string of the molecule is COCC(C)OC(=O)Cn1cc(Br)cc(C)c1=O. The van der Waals surface area contributed by atoms with Crippen LogP contribution in [0.25, 0.3) is 0 Å². The van der Waals surface area contributed by atoms with Crippen LogP contribution in [0.5, 0.6) is 0 Å². The molecule has 1 atom stereocenters. The number of carbonyl (C=O) groups is 1. The van der Waals surface area contributed by atoms with Gasteiger partial charge in [0.1, 0.15) is 12.6 Å². The van der Waals surface area contributed by atoms with Crippen molar-refractivity contribution in [2.24, 2.45) is 0 Å².